The first-order chi connectivity index (χ1) is 8.83. The van der Waals surface area contributed by atoms with Crippen molar-refractivity contribution in [2.45, 2.75) is 25.9 Å². The van der Waals surface area contributed by atoms with E-state index in [1.54, 1.807) is 0 Å². The van der Waals surface area contributed by atoms with Crippen molar-refractivity contribution in [1.29, 1.82) is 0 Å². The number of rotatable bonds is 7. The molecule has 0 bridgehead atoms. The van der Waals surface area contributed by atoms with Crippen LogP contribution in [0.3, 0.4) is 0 Å². The van der Waals surface area contributed by atoms with Gasteiger partial charge in [-0.3, -0.25) is 0 Å². The standard InChI is InChI=1S/C13H18N2O3/c16-13(14-9-5-2-6-10-15-17)18-11-12-7-3-1-4-8-12/h1,3-4,7-8,10,17H,2,5-6,9,11H2,(H,14,16). The lowest BCUT2D eigenvalue weighted by Gasteiger charge is -2.06. The van der Waals surface area contributed by atoms with Gasteiger partial charge < -0.3 is 15.3 Å². The topological polar surface area (TPSA) is 70.9 Å². The Morgan fingerprint density at radius 1 is 1.33 bits per heavy atom. The summed E-state index contributed by atoms with van der Waals surface area (Å²) in [5, 5.41) is 13.7. The second-order valence-corrected chi connectivity index (χ2v) is 3.78. The van der Waals surface area contributed by atoms with Gasteiger partial charge in [-0.2, -0.15) is 0 Å². The van der Waals surface area contributed by atoms with Gasteiger partial charge >= 0.3 is 6.09 Å². The van der Waals surface area contributed by atoms with Crippen molar-refractivity contribution in [3.8, 4) is 0 Å². The van der Waals surface area contributed by atoms with Crippen LogP contribution in [0.4, 0.5) is 4.79 Å². The zero-order chi connectivity index (χ0) is 13.1. The number of oxime groups is 1. The maximum absolute atomic E-state index is 11.3. The van der Waals surface area contributed by atoms with Gasteiger partial charge in [-0.25, -0.2) is 4.79 Å². The SMILES string of the molecule is O=C(NCCCCC=NO)OCc1ccccc1. The van der Waals surface area contributed by atoms with E-state index >= 15 is 0 Å². The smallest absolute Gasteiger partial charge is 0.407 e. The molecule has 0 saturated carbocycles. The van der Waals surface area contributed by atoms with E-state index in [1.165, 1.54) is 6.21 Å². The summed E-state index contributed by atoms with van der Waals surface area (Å²) in [4.78, 5) is 11.3. The zero-order valence-electron chi connectivity index (χ0n) is 10.2. The van der Waals surface area contributed by atoms with Gasteiger partial charge in [0.05, 0.1) is 0 Å². The fourth-order valence-electron chi connectivity index (χ4n) is 1.38. The molecule has 5 heteroatoms. The Morgan fingerprint density at radius 3 is 2.83 bits per heavy atom. The summed E-state index contributed by atoms with van der Waals surface area (Å²) in [6, 6.07) is 9.53. The van der Waals surface area contributed by atoms with Crippen LogP contribution in [0.2, 0.25) is 0 Å². The van der Waals surface area contributed by atoms with Gasteiger partial charge in [0.15, 0.2) is 0 Å². The summed E-state index contributed by atoms with van der Waals surface area (Å²) in [5.41, 5.74) is 0.965. The lowest BCUT2D eigenvalue weighted by atomic mass is 10.2. The third-order valence-electron chi connectivity index (χ3n) is 2.32. The zero-order valence-corrected chi connectivity index (χ0v) is 10.2. The van der Waals surface area contributed by atoms with E-state index in [0.29, 0.717) is 13.0 Å². The number of alkyl carbamates (subject to hydrolysis) is 1. The minimum Gasteiger partial charge on any atom is -0.445 e. The first-order valence-electron chi connectivity index (χ1n) is 5.93. The van der Waals surface area contributed by atoms with E-state index in [9.17, 15) is 4.79 Å². The summed E-state index contributed by atoms with van der Waals surface area (Å²) in [7, 11) is 0. The monoisotopic (exact) mass is 250 g/mol. The lowest BCUT2D eigenvalue weighted by Crippen LogP contribution is -2.25. The van der Waals surface area contributed by atoms with Crippen LogP contribution in [0, 0.1) is 0 Å². The summed E-state index contributed by atoms with van der Waals surface area (Å²) >= 11 is 0. The molecule has 5 nitrogen and oxygen atoms in total. The fourth-order valence-corrected chi connectivity index (χ4v) is 1.38. The number of carbonyl (C=O) groups is 1. The first kappa shape index (κ1) is 14.0. The summed E-state index contributed by atoms with van der Waals surface area (Å²) < 4.78 is 5.04. The molecule has 0 radical (unpaired) electrons. The first-order valence-corrected chi connectivity index (χ1v) is 5.93. The summed E-state index contributed by atoms with van der Waals surface area (Å²) in [6.07, 6.45) is 3.43. The molecule has 1 rings (SSSR count). The van der Waals surface area contributed by atoms with E-state index < -0.39 is 6.09 Å². The van der Waals surface area contributed by atoms with Crippen molar-refractivity contribution in [3.63, 3.8) is 0 Å². The maximum Gasteiger partial charge on any atom is 0.407 e. The number of hydrogen-bond donors (Lipinski definition) is 2. The number of carbonyl (C=O) groups excluding carboxylic acids is 1. The molecule has 18 heavy (non-hydrogen) atoms. The van der Waals surface area contributed by atoms with Crippen molar-refractivity contribution in [2.75, 3.05) is 6.54 Å². The van der Waals surface area contributed by atoms with Crippen LogP contribution in [-0.4, -0.2) is 24.1 Å². The van der Waals surface area contributed by atoms with Gasteiger partial charge in [-0.15, -0.1) is 5.16 Å². The van der Waals surface area contributed by atoms with Crippen molar-refractivity contribution in [1.82, 2.24) is 5.32 Å². The molecule has 1 aromatic carbocycles. The summed E-state index contributed by atoms with van der Waals surface area (Å²) in [5.74, 6) is 0. The van der Waals surface area contributed by atoms with Gasteiger partial charge in [0.2, 0.25) is 0 Å². The molecule has 0 heterocycles. The minimum absolute atomic E-state index is 0.282. The highest BCUT2D eigenvalue weighted by Crippen LogP contribution is 2.00. The van der Waals surface area contributed by atoms with Gasteiger partial charge in [0.1, 0.15) is 6.61 Å². The van der Waals surface area contributed by atoms with Crippen molar-refractivity contribution < 1.29 is 14.7 Å². The Morgan fingerprint density at radius 2 is 2.11 bits per heavy atom. The lowest BCUT2D eigenvalue weighted by molar-refractivity contribution is 0.139. The highest BCUT2D eigenvalue weighted by atomic mass is 16.5. The number of nitrogens with one attached hydrogen (secondary N) is 1. The quantitative estimate of drug-likeness (QED) is 0.338. The Balaban J connectivity index is 2.04. The average molecular weight is 250 g/mol. The molecule has 1 amide bonds. The second-order valence-electron chi connectivity index (χ2n) is 3.78. The second kappa shape index (κ2) is 9.04. The molecule has 0 aliphatic heterocycles. The highest BCUT2D eigenvalue weighted by molar-refractivity contribution is 5.67. The van der Waals surface area contributed by atoms with E-state index in [1.807, 2.05) is 30.3 Å². The van der Waals surface area contributed by atoms with Crippen molar-refractivity contribution in [3.05, 3.63) is 35.9 Å². The molecule has 0 aliphatic carbocycles. The van der Waals surface area contributed by atoms with Gasteiger partial charge in [-0.05, 0) is 24.8 Å². The Bertz CT molecular complexity index is 366. The molecule has 1 aromatic rings. The van der Waals surface area contributed by atoms with Crippen molar-refractivity contribution in [2.24, 2.45) is 5.16 Å². The van der Waals surface area contributed by atoms with E-state index in [-0.39, 0.29) is 6.61 Å². The number of unbranched alkanes of at least 4 members (excludes halogenated alkanes) is 2. The summed E-state index contributed by atoms with van der Waals surface area (Å²) in [6.45, 7) is 0.844. The molecule has 0 fully saturated rings. The maximum atomic E-state index is 11.3. The Hall–Kier alpha value is -2.04. The van der Waals surface area contributed by atoms with Crippen LogP contribution in [0.1, 0.15) is 24.8 Å². The number of hydrogen-bond acceptors (Lipinski definition) is 4. The molecular formula is C13H18N2O3. The molecule has 2 N–H and O–H groups in total. The largest absolute Gasteiger partial charge is 0.445 e. The van der Waals surface area contributed by atoms with Crippen LogP contribution >= 0.6 is 0 Å². The number of nitrogens with zero attached hydrogens (tertiary/aromatic N) is 1. The number of amides is 1. The van der Waals surface area contributed by atoms with Crippen LogP contribution in [0.5, 0.6) is 0 Å². The van der Waals surface area contributed by atoms with Gasteiger partial charge in [0, 0.05) is 12.8 Å². The molecule has 0 aromatic heterocycles. The van der Waals surface area contributed by atoms with Crippen molar-refractivity contribution >= 4 is 12.3 Å². The molecule has 0 saturated heterocycles. The van der Waals surface area contributed by atoms with Crippen LogP contribution in [-0.2, 0) is 11.3 Å². The third kappa shape index (κ3) is 6.52. The fraction of sp³-hybridized carbons (Fsp3) is 0.385. The van der Waals surface area contributed by atoms with Crippen LogP contribution in [0.15, 0.2) is 35.5 Å². The minimum atomic E-state index is -0.408. The predicted octanol–water partition coefficient (Wildman–Crippen LogP) is 2.54. The molecular weight excluding hydrogens is 232 g/mol. The van der Waals surface area contributed by atoms with Crippen LogP contribution in [0.25, 0.3) is 0 Å². The van der Waals surface area contributed by atoms with E-state index in [0.717, 1.165) is 18.4 Å². The molecule has 0 atom stereocenters. The average Bonchev–Trinajstić information content (AvgIpc) is 2.41. The Kier molecular flexibility index (Phi) is 7.04. The third-order valence-corrected chi connectivity index (χ3v) is 2.32. The van der Waals surface area contributed by atoms with Gasteiger partial charge in [0.25, 0.3) is 0 Å². The van der Waals surface area contributed by atoms with Gasteiger partial charge in [-0.1, -0.05) is 30.3 Å². The van der Waals surface area contributed by atoms with E-state index in [4.69, 9.17) is 9.94 Å². The molecule has 0 spiro atoms. The number of ether oxygens (including phenoxy) is 1. The predicted molar refractivity (Wildman–Crippen MR) is 68.8 cm³/mol. The molecule has 98 valence electrons. The van der Waals surface area contributed by atoms with Crippen LogP contribution < -0.4 is 5.32 Å². The normalized spacial score (nSPS) is 10.4. The highest BCUT2D eigenvalue weighted by Gasteiger charge is 2.00. The number of benzene rings is 1. The Labute approximate surface area is 106 Å². The molecule has 0 aliphatic rings. The van der Waals surface area contributed by atoms with E-state index in [2.05, 4.69) is 10.5 Å². The molecule has 0 unspecified atom stereocenters.